The zero-order valence-corrected chi connectivity index (χ0v) is 23.3. The number of benzene rings is 1. The van der Waals surface area contributed by atoms with Gasteiger partial charge in [0.25, 0.3) is 0 Å². The maximum absolute atomic E-state index is 14.6. The van der Waals surface area contributed by atoms with E-state index in [-0.39, 0.29) is 5.82 Å². The summed E-state index contributed by atoms with van der Waals surface area (Å²) in [6, 6.07) is 8.06. The predicted octanol–water partition coefficient (Wildman–Crippen LogP) is 6.59. The Morgan fingerprint density at radius 3 is 2.46 bits per heavy atom. The maximum atomic E-state index is 14.6. The molecule has 1 aromatic carbocycles. The van der Waals surface area contributed by atoms with Crippen molar-refractivity contribution in [3.63, 3.8) is 0 Å². The third kappa shape index (κ3) is 6.40. The number of hydrogen-bond donors (Lipinski definition) is 3. The van der Waals surface area contributed by atoms with Gasteiger partial charge in [-0.3, -0.25) is 0 Å². The minimum absolute atomic E-state index is 0.143. The lowest BCUT2D eigenvalue weighted by molar-refractivity contribution is 0.408. The number of nitrogens with zero attached hydrogens (tertiary/aromatic N) is 2. The quantitative estimate of drug-likeness (QED) is 0.336. The molecule has 0 atom stereocenters. The zero-order chi connectivity index (χ0) is 26.4. The number of halogens is 1. The van der Waals surface area contributed by atoms with Gasteiger partial charge >= 0.3 is 0 Å². The number of aryl methyl sites for hydroxylation is 1. The van der Waals surface area contributed by atoms with Crippen LogP contribution in [0.1, 0.15) is 83.0 Å². The summed E-state index contributed by atoms with van der Waals surface area (Å²) in [5.74, 6) is 1.26. The van der Waals surface area contributed by atoms with Crippen molar-refractivity contribution >= 4 is 17.1 Å². The van der Waals surface area contributed by atoms with E-state index in [0.717, 1.165) is 53.9 Å². The normalized spacial score (nSPS) is 18.6. The molecule has 4 rings (SSSR count). The number of rotatable bonds is 9. The maximum Gasteiger partial charge on any atom is 0.223 e. The fourth-order valence-electron chi connectivity index (χ4n) is 5.72. The molecule has 2 aliphatic rings. The van der Waals surface area contributed by atoms with Crippen LogP contribution in [0.4, 0.5) is 10.3 Å². The highest BCUT2D eigenvalue weighted by Crippen LogP contribution is 2.41. The highest BCUT2D eigenvalue weighted by molar-refractivity contribution is 6.06. The number of hydrogen-bond acceptors (Lipinski definition) is 5. The zero-order valence-electron chi connectivity index (χ0n) is 23.3. The fourth-order valence-corrected chi connectivity index (χ4v) is 5.72. The molecule has 1 aromatic heterocycles. The molecule has 1 aliphatic carbocycles. The van der Waals surface area contributed by atoms with Gasteiger partial charge in [0.1, 0.15) is 5.82 Å². The SMILES string of the molecule is CCc1cc(C(=C(C)C(C)C)/C(=C(\NC)C2CCNCC2)c2ccnc(NC3CCCC3)n2)ccc1F. The number of anilines is 1. The van der Waals surface area contributed by atoms with Crippen molar-refractivity contribution in [3.8, 4) is 0 Å². The second-order valence-corrected chi connectivity index (χ2v) is 10.8. The second kappa shape index (κ2) is 12.7. The van der Waals surface area contributed by atoms with Gasteiger partial charge in [0.15, 0.2) is 0 Å². The van der Waals surface area contributed by atoms with Gasteiger partial charge in [0, 0.05) is 36.5 Å². The van der Waals surface area contributed by atoms with Crippen LogP contribution >= 0.6 is 0 Å². The molecule has 0 bridgehead atoms. The van der Waals surface area contributed by atoms with E-state index in [1.54, 1.807) is 6.07 Å². The molecule has 3 N–H and O–H groups in total. The summed E-state index contributed by atoms with van der Waals surface area (Å²) in [5, 5.41) is 10.7. The number of nitrogens with one attached hydrogen (secondary N) is 3. The summed E-state index contributed by atoms with van der Waals surface area (Å²) in [7, 11) is 2.03. The summed E-state index contributed by atoms with van der Waals surface area (Å²) < 4.78 is 14.6. The van der Waals surface area contributed by atoms with Crippen molar-refractivity contribution in [1.29, 1.82) is 0 Å². The van der Waals surface area contributed by atoms with Gasteiger partial charge in [0.2, 0.25) is 5.95 Å². The molecule has 200 valence electrons. The molecular weight excluding hydrogens is 461 g/mol. The third-order valence-electron chi connectivity index (χ3n) is 8.11. The smallest absolute Gasteiger partial charge is 0.223 e. The van der Waals surface area contributed by atoms with E-state index >= 15 is 0 Å². The molecule has 1 aliphatic heterocycles. The molecule has 2 aromatic rings. The van der Waals surface area contributed by atoms with E-state index in [4.69, 9.17) is 4.98 Å². The highest BCUT2D eigenvalue weighted by Gasteiger charge is 2.27. The molecule has 5 nitrogen and oxygen atoms in total. The van der Waals surface area contributed by atoms with Crippen molar-refractivity contribution in [1.82, 2.24) is 20.6 Å². The number of aromatic nitrogens is 2. The van der Waals surface area contributed by atoms with Crippen LogP contribution in [0.25, 0.3) is 11.1 Å². The summed E-state index contributed by atoms with van der Waals surface area (Å²) in [6.45, 7) is 10.7. The monoisotopic (exact) mass is 505 g/mol. The summed E-state index contributed by atoms with van der Waals surface area (Å²) >= 11 is 0. The van der Waals surface area contributed by atoms with Crippen LogP contribution in [0, 0.1) is 17.7 Å². The van der Waals surface area contributed by atoms with Crippen LogP contribution in [-0.2, 0) is 6.42 Å². The van der Waals surface area contributed by atoms with E-state index < -0.39 is 0 Å². The highest BCUT2D eigenvalue weighted by atomic mass is 19.1. The standard InChI is InChI=1S/C31H44FN5/c1-6-22-19-24(11-12-26(22)32)28(21(4)20(2)3)29(30(33-5)23-13-16-34-17-14-23)27-15-18-35-31(37-27)36-25-9-7-8-10-25/h11-12,15,18-20,23,25,33-34H,6-10,13-14,16-17H2,1-5H3,(H,35,36,37)/b28-21?,30-29-. The minimum Gasteiger partial charge on any atom is -0.391 e. The second-order valence-electron chi connectivity index (χ2n) is 10.8. The molecule has 0 radical (unpaired) electrons. The predicted molar refractivity (Wildman–Crippen MR) is 153 cm³/mol. The first-order valence-corrected chi connectivity index (χ1v) is 14.1. The lowest BCUT2D eigenvalue weighted by Crippen LogP contribution is -2.32. The van der Waals surface area contributed by atoms with Crippen molar-refractivity contribution in [3.05, 3.63) is 64.4 Å². The molecule has 37 heavy (non-hydrogen) atoms. The van der Waals surface area contributed by atoms with Gasteiger partial charge in [-0.05, 0) is 92.9 Å². The summed E-state index contributed by atoms with van der Waals surface area (Å²) in [5.41, 5.74) is 7.45. The first-order chi connectivity index (χ1) is 17.9. The molecule has 2 fully saturated rings. The molecule has 0 amide bonds. The van der Waals surface area contributed by atoms with Gasteiger partial charge in [-0.1, -0.05) is 45.3 Å². The Balaban J connectivity index is 1.94. The topological polar surface area (TPSA) is 61.9 Å². The Morgan fingerprint density at radius 2 is 1.81 bits per heavy atom. The fraction of sp³-hybridized carbons (Fsp3) is 0.548. The van der Waals surface area contributed by atoms with Gasteiger partial charge in [-0.25, -0.2) is 14.4 Å². The average molecular weight is 506 g/mol. The molecule has 1 saturated carbocycles. The Kier molecular flexibility index (Phi) is 9.36. The van der Waals surface area contributed by atoms with Crippen molar-refractivity contribution < 1.29 is 4.39 Å². The van der Waals surface area contributed by atoms with Crippen molar-refractivity contribution in [2.75, 3.05) is 25.5 Å². The van der Waals surface area contributed by atoms with Crippen LogP contribution < -0.4 is 16.0 Å². The summed E-state index contributed by atoms with van der Waals surface area (Å²) in [4.78, 5) is 9.70. The molecule has 0 spiro atoms. The van der Waals surface area contributed by atoms with E-state index in [1.807, 2.05) is 38.4 Å². The lowest BCUT2D eigenvalue weighted by Gasteiger charge is -2.30. The van der Waals surface area contributed by atoms with Crippen LogP contribution in [0.15, 0.2) is 41.7 Å². The first-order valence-electron chi connectivity index (χ1n) is 14.1. The van der Waals surface area contributed by atoms with E-state index in [1.165, 1.54) is 37.0 Å². The van der Waals surface area contributed by atoms with Crippen LogP contribution in [0.2, 0.25) is 0 Å². The van der Waals surface area contributed by atoms with E-state index in [9.17, 15) is 4.39 Å². The van der Waals surface area contributed by atoms with E-state index in [2.05, 4.69) is 41.7 Å². The summed E-state index contributed by atoms with van der Waals surface area (Å²) in [6.07, 6.45) is 9.51. The Hall–Kier alpha value is -2.73. The van der Waals surface area contributed by atoms with Gasteiger partial charge < -0.3 is 16.0 Å². The van der Waals surface area contributed by atoms with Crippen molar-refractivity contribution in [2.45, 2.75) is 78.7 Å². The van der Waals surface area contributed by atoms with Crippen LogP contribution in [-0.4, -0.2) is 36.1 Å². The lowest BCUT2D eigenvalue weighted by atomic mass is 9.81. The van der Waals surface area contributed by atoms with E-state index in [0.29, 0.717) is 30.2 Å². The van der Waals surface area contributed by atoms with Gasteiger partial charge in [0.05, 0.1) is 5.69 Å². The Labute approximate surface area is 222 Å². The number of piperidine rings is 1. The number of allylic oxidation sites excluding steroid dienone is 4. The Bertz CT molecular complexity index is 1120. The molecular formula is C31H44FN5. The molecule has 2 heterocycles. The Morgan fingerprint density at radius 1 is 1.08 bits per heavy atom. The van der Waals surface area contributed by atoms with Gasteiger partial charge in [-0.2, -0.15) is 0 Å². The minimum atomic E-state index is -0.143. The van der Waals surface area contributed by atoms with Gasteiger partial charge in [-0.15, -0.1) is 0 Å². The molecule has 1 saturated heterocycles. The third-order valence-corrected chi connectivity index (χ3v) is 8.11. The van der Waals surface area contributed by atoms with Crippen LogP contribution in [0.3, 0.4) is 0 Å². The van der Waals surface area contributed by atoms with Crippen LogP contribution in [0.5, 0.6) is 0 Å². The largest absolute Gasteiger partial charge is 0.391 e. The molecule has 6 heteroatoms. The average Bonchev–Trinajstić information content (AvgIpc) is 3.42. The first kappa shape index (κ1) is 27.3. The molecule has 0 unspecified atom stereocenters. The van der Waals surface area contributed by atoms with Crippen molar-refractivity contribution in [2.24, 2.45) is 11.8 Å².